The van der Waals surface area contributed by atoms with Crippen LogP contribution in [0.15, 0.2) is 73.4 Å². The van der Waals surface area contributed by atoms with Gasteiger partial charge in [-0.2, -0.15) is 9.78 Å². The number of hydrogen-bond acceptors (Lipinski definition) is 7. The van der Waals surface area contributed by atoms with Gasteiger partial charge in [0.25, 0.3) is 11.2 Å². The van der Waals surface area contributed by atoms with Gasteiger partial charge in [0.05, 0.1) is 33.6 Å². The molecule has 0 radical (unpaired) electrons. The Kier molecular flexibility index (Phi) is 8.90. The first-order valence-corrected chi connectivity index (χ1v) is 13.4. The zero-order valence-corrected chi connectivity index (χ0v) is 23.9. The molecule has 0 aliphatic carbocycles. The zero-order chi connectivity index (χ0) is 27.2. The standard InChI is InChI=1S/C27H24Br2N4O5/c1-3-4-5-25-31-23-11-8-19(28)14-21(23)27(34)32(25)30-15-18-12-22(29)26(24(13-18)37-2)38-16-17-6-9-20(10-7-17)33(35)36/h6-15H,3-5,16H2,1-2H3. The summed E-state index contributed by atoms with van der Waals surface area (Å²) in [4.78, 5) is 28.4. The molecule has 38 heavy (non-hydrogen) atoms. The van der Waals surface area contributed by atoms with E-state index in [1.165, 1.54) is 23.9 Å². The van der Waals surface area contributed by atoms with Crippen LogP contribution in [0, 0.1) is 10.1 Å². The molecule has 0 bridgehead atoms. The number of aryl methyl sites for hydroxylation is 1. The van der Waals surface area contributed by atoms with Crippen molar-refractivity contribution < 1.29 is 14.4 Å². The van der Waals surface area contributed by atoms with E-state index in [9.17, 15) is 14.9 Å². The molecule has 0 spiro atoms. The topological polar surface area (TPSA) is 109 Å². The summed E-state index contributed by atoms with van der Waals surface area (Å²) in [5, 5.41) is 15.8. The van der Waals surface area contributed by atoms with E-state index in [1.807, 2.05) is 12.1 Å². The highest BCUT2D eigenvalue weighted by atomic mass is 79.9. The Morgan fingerprint density at radius 3 is 2.58 bits per heavy atom. The lowest BCUT2D eigenvalue weighted by Gasteiger charge is -2.14. The van der Waals surface area contributed by atoms with Gasteiger partial charge in [-0.3, -0.25) is 14.9 Å². The van der Waals surface area contributed by atoms with Gasteiger partial charge >= 0.3 is 0 Å². The minimum atomic E-state index is -0.446. The van der Waals surface area contributed by atoms with Crippen molar-refractivity contribution in [1.82, 2.24) is 9.66 Å². The van der Waals surface area contributed by atoms with E-state index >= 15 is 0 Å². The minimum Gasteiger partial charge on any atom is -0.493 e. The number of non-ortho nitro benzene ring substituents is 1. The fourth-order valence-electron chi connectivity index (χ4n) is 3.76. The van der Waals surface area contributed by atoms with E-state index in [2.05, 4.69) is 43.9 Å². The third-order valence-electron chi connectivity index (χ3n) is 5.73. The number of methoxy groups -OCH3 is 1. The van der Waals surface area contributed by atoms with Gasteiger partial charge in [0.1, 0.15) is 12.4 Å². The highest BCUT2D eigenvalue weighted by molar-refractivity contribution is 9.10. The zero-order valence-electron chi connectivity index (χ0n) is 20.7. The Morgan fingerprint density at radius 1 is 1.13 bits per heavy atom. The fraction of sp³-hybridized carbons (Fsp3) is 0.222. The van der Waals surface area contributed by atoms with Crippen molar-refractivity contribution in [1.29, 1.82) is 0 Å². The first-order chi connectivity index (χ1) is 18.3. The molecule has 1 heterocycles. The van der Waals surface area contributed by atoms with Crippen LogP contribution in [0.5, 0.6) is 11.5 Å². The summed E-state index contributed by atoms with van der Waals surface area (Å²) in [7, 11) is 1.53. The number of fused-ring (bicyclic) bond motifs is 1. The second kappa shape index (κ2) is 12.3. The molecule has 0 unspecified atom stereocenters. The van der Waals surface area contributed by atoms with Crippen molar-refractivity contribution in [2.24, 2.45) is 5.10 Å². The second-order valence-electron chi connectivity index (χ2n) is 8.40. The molecular weight excluding hydrogens is 620 g/mol. The third kappa shape index (κ3) is 6.28. The first kappa shape index (κ1) is 27.5. The second-order valence-corrected chi connectivity index (χ2v) is 10.2. The van der Waals surface area contributed by atoms with Crippen LogP contribution in [0.1, 0.15) is 36.7 Å². The van der Waals surface area contributed by atoms with Gasteiger partial charge < -0.3 is 9.47 Å². The van der Waals surface area contributed by atoms with Crippen LogP contribution in [0.3, 0.4) is 0 Å². The molecule has 0 saturated heterocycles. The SMILES string of the molecule is CCCCc1nc2ccc(Br)cc2c(=O)n1N=Cc1cc(Br)c(OCc2ccc([N+](=O)[O-])cc2)c(OC)c1. The smallest absolute Gasteiger partial charge is 0.282 e. The van der Waals surface area contributed by atoms with Crippen molar-refractivity contribution in [2.45, 2.75) is 32.8 Å². The van der Waals surface area contributed by atoms with Crippen molar-refractivity contribution in [3.8, 4) is 11.5 Å². The maximum atomic E-state index is 13.3. The highest BCUT2D eigenvalue weighted by Gasteiger charge is 2.14. The number of rotatable bonds is 10. The molecule has 0 saturated carbocycles. The number of unbranched alkanes of at least 4 members (excludes halogenated alkanes) is 1. The molecule has 196 valence electrons. The Bertz CT molecular complexity index is 1570. The Hall–Kier alpha value is -3.57. The average molecular weight is 644 g/mol. The molecule has 0 fully saturated rings. The highest BCUT2D eigenvalue weighted by Crippen LogP contribution is 2.37. The monoisotopic (exact) mass is 642 g/mol. The molecular formula is C27H24Br2N4O5. The van der Waals surface area contributed by atoms with E-state index in [-0.39, 0.29) is 17.9 Å². The number of hydrogen-bond donors (Lipinski definition) is 0. The summed E-state index contributed by atoms with van der Waals surface area (Å²) in [6, 6.07) is 15.1. The largest absolute Gasteiger partial charge is 0.493 e. The molecule has 0 aliphatic rings. The third-order valence-corrected chi connectivity index (χ3v) is 6.82. The van der Waals surface area contributed by atoms with Gasteiger partial charge in [0.2, 0.25) is 0 Å². The van der Waals surface area contributed by atoms with Crippen LogP contribution in [0.2, 0.25) is 0 Å². The number of nitro benzene ring substituents is 1. The molecule has 3 aromatic carbocycles. The minimum absolute atomic E-state index is 0.0161. The van der Waals surface area contributed by atoms with E-state index in [0.717, 1.165) is 22.9 Å². The number of nitrogens with zero attached hydrogens (tertiary/aromatic N) is 4. The van der Waals surface area contributed by atoms with Crippen LogP contribution in [0.4, 0.5) is 5.69 Å². The van der Waals surface area contributed by atoms with Crippen LogP contribution < -0.4 is 15.0 Å². The number of aromatic nitrogens is 2. The summed E-state index contributed by atoms with van der Waals surface area (Å²) in [6.07, 6.45) is 4.04. The van der Waals surface area contributed by atoms with Gasteiger partial charge in [0, 0.05) is 23.0 Å². The molecule has 9 nitrogen and oxygen atoms in total. The summed E-state index contributed by atoms with van der Waals surface area (Å²) in [5.41, 5.74) is 1.86. The van der Waals surface area contributed by atoms with E-state index < -0.39 is 4.92 Å². The molecule has 0 amide bonds. The van der Waals surface area contributed by atoms with Crippen LogP contribution in [0.25, 0.3) is 10.9 Å². The molecule has 11 heteroatoms. The predicted molar refractivity (Wildman–Crippen MR) is 153 cm³/mol. The number of benzene rings is 3. The molecule has 4 aromatic rings. The average Bonchev–Trinajstić information content (AvgIpc) is 2.91. The van der Waals surface area contributed by atoms with Gasteiger partial charge in [-0.15, -0.1) is 0 Å². The molecule has 0 N–H and O–H groups in total. The maximum absolute atomic E-state index is 13.3. The van der Waals surface area contributed by atoms with Crippen LogP contribution >= 0.6 is 31.9 Å². The van der Waals surface area contributed by atoms with Gasteiger partial charge in [-0.25, -0.2) is 4.98 Å². The Labute approximate surface area is 235 Å². The van der Waals surface area contributed by atoms with Crippen molar-refractivity contribution in [3.63, 3.8) is 0 Å². The molecule has 1 aromatic heterocycles. The predicted octanol–water partition coefficient (Wildman–Crippen LogP) is 6.64. The fourth-order valence-corrected chi connectivity index (χ4v) is 4.69. The summed E-state index contributed by atoms with van der Waals surface area (Å²) in [5.74, 6) is 1.53. The van der Waals surface area contributed by atoms with Crippen LogP contribution in [-0.2, 0) is 13.0 Å². The molecule has 4 rings (SSSR count). The number of halogens is 2. The van der Waals surface area contributed by atoms with Crippen molar-refractivity contribution >= 4 is 54.7 Å². The summed E-state index contributed by atoms with van der Waals surface area (Å²) >= 11 is 6.95. The quantitative estimate of drug-likeness (QED) is 0.109. The normalized spacial score (nSPS) is 11.3. The van der Waals surface area contributed by atoms with Gasteiger partial charge in [-0.1, -0.05) is 29.3 Å². The molecule has 0 atom stereocenters. The lowest BCUT2D eigenvalue weighted by atomic mass is 10.2. The van der Waals surface area contributed by atoms with Gasteiger partial charge in [0.15, 0.2) is 11.5 Å². The summed E-state index contributed by atoms with van der Waals surface area (Å²) < 4.78 is 14.3. The van der Waals surface area contributed by atoms with E-state index in [1.54, 1.807) is 36.5 Å². The maximum Gasteiger partial charge on any atom is 0.282 e. The summed E-state index contributed by atoms with van der Waals surface area (Å²) in [6.45, 7) is 2.27. The first-order valence-electron chi connectivity index (χ1n) is 11.8. The number of ether oxygens (including phenoxy) is 2. The van der Waals surface area contributed by atoms with Gasteiger partial charge in [-0.05, 0) is 75.9 Å². The van der Waals surface area contributed by atoms with Crippen molar-refractivity contribution in [2.75, 3.05) is 7.11 Å². The molecule has 0 aliphatic heterocycles. The lowest BCUT2D eigenvalue weighted by molar-refractivity contribution is -0.384. The number of nitro groups is 1. The van der Waals surface area contributed by atoms with Crippen molar-refractivity contribution in [3.05, 3.63) is 101 Å². The Morgan fingerprint density at radius 2 is 1.89 bits per heavy atom. The lowest BCUT2D eigenvalue weighted by Crippen LogP contribution is -2.22. The van der Waals surface area contributed by atoms with Crippen LogP contribution in [-0.4, -0.2) is 27.9 Å². The Balaban J connectivity index is 1.63. The van der Waals surface area contributed by atoms with E-state index in [4.69, 9.17) is 14.5 Å². The van der Waals surface area contributed by atoms with E-state index in [0.29, 0.717) is 44.7 Å².